The fraction of sp³-hybridized carbons (Fsp3) is 0.438. The van der Waals surface area contributed by atoms with Gasteiger partial charge in [0.05, 0.1) is 11.7 Å². The molecule has 25 heavy (non-hydrogen) atoms. The third-order valence-electron chi connectivity index (χ3n) is 4.10. The summed E-state index contributed by atoms with van der Waals surface area (Å²) in [4.78, 5) is 12.4. The molecule has 0 aliphatic carbocycles. The monoisotopic (exact) mass is 380 g/mol. The van der Waals surface area contributed by atoms with Crippen LogP contribution in [0.5, 0.6) is 0 Å². The molecule has 1 aliphatic rings. The van der Waals surface area contributed by atoms with E-state index in [0.717, 1.165) is 10.6 Å². The van der Waals surface area contributed by atoms with Gasteiger partial charge in [-0.3, -0.25) is 4.79 Å². The van der Waals surface area contributed by atoms with E-state index in [1.807, 2.05) is 25.1 Å². The van der Waals surface area contributed by atoms with Crippen LogP contribution in [0.3, 0.4) is 0 Å². The Morgan fingerprint density at radius 1 is 1.32 bits per heavy atom. The van der Waals surface area contributed by atoms with Gasteiger partial charge in [-0.15, -0.1) is 10.2 Å². The van der Waals surface area contributed by atoms with Crippen LogP contribution in [0, 0.1) is 12.8 Å². The van der Waals surface area contributed by atoms with Crippen molar-refractivity contribution in [1.82, 2.24) is 14.5 Å². The van der Waals surface area contributed by atoms with Crippen molar-refractivity contribution in [2.75, 3.05) is 18.4 Å². The average molecular weight is 380 g/mol. The normalized spacial score (nSPS) is 18.8. The summed E-state index contributed by atoms with van der Waals surface area (Å²) in [7, 11) is -3.44. The summed E-state index contributed by atoms with van der Waals surface area (Å²) >= 11 is 1.30. The van der Waals surface area contributed by atoms with E-state index in [1.54, 1.807) is 12.1 Å². The first-order valence-electron chi connectivity index (χ1n) is 8.07. The Hall–Kier alpha value is -1.84. The van der Waals surface area contributed by atoms with Crippen LogP contribution in [-0.4, -0.2) is 41.9 Å². The minimum absolute atomic E-state index is 0.0439. The molecule has 1 aromatic carbocycles. The van der Waals surface area contributed by atoms with Gasteiger partial charge in [-0.05, 0) is 25.3 Å². The number of sulfonamides is 1. The number of carbonyl (C=O) groups is 1. The van der Waals surface area contributed by atoms with Gasteiger partial charge in [0.15, 0.2) is 0 Å². The second-order valence-electron chi connectivity index (χ2n) is 6.05. The van der Waals surface area contributed by atoms with E-state index < -0.39 is 10.0 Å². The SMILES string of the molecule is Cc1nnc(NC(=O)[C@@H]2CCCN(S(=O)(=O)Cc3ccccc3)C2)s1. The van der Waals surface area contributed by atoms with Gasteiger partial charge in [0.1, 0.15) is 5.01 Å². The molecule has 0 saturated carbocycles. The van der Waals surface area contributed by atoms with Crippen LogP contribution >= 0.6 is 11.3 Å². The summed E-state index contributed by atoms with van der Waals surface area (Å²) in [6, 6.07) is 9.09. The number of carbonyl (C=O) groups excluding carboxylic acids is 1. The third-order valence-corrected chi connectivity index (χ3v) is 6.67. The standard InChI is InChI=1S/C16H20N4O3S2/c1-12-18-19-16(24-12)17-15(21)14-8-5-9-20(10-14)25(22,23)11-13-6-3-2-4-7-13/h2-4,6-7,14H,5,8-11H2,1H3,(H,17,19,21)/t14-/m1/s1. The van der Waals surface area contributed by atoms with Gasteiger partial charge in [-0.2, -0.15) is 0 Å². The fourth-order valence-corrected chi connectivity index (χ4v) is 5.05. The van der Waals surface area contributed by atoms with Crippen molar-refractivity contribution in [3.05, 3.63) is 40.9 Å². The maximum atomic E-state index is 12.7. The lowest BCUT2D eigenvalue weighted by Crippen LogP contribution is -2.44. The third kappa shape index (κ3) is 4.62. The second kappa shape index (κ2) is 7.59. The summed E-state index contributed by atoms with van der Waals surface area (Å²) < 4.78 is 26.7. The number of benzene rings is 1. The number of nitrogens with one attached hydrogen (secondary N) is 1. The summed E-state index contributed by atoms with van der Waals surface area (Å²) in [6.07, 6.45) is 1.34. The van der Waals surface area contributed by atoms with Gasteiger partial charge in [0.25, 0.3) is 0 Å². The summed E-state index contributed by atoms with van der Waals surface area (Å²) in [5.74, 6) is -0.614. The van der Waals surface area contributed by atoms with Crippen molar-refractivity contribution in [1.29, 1.82) is 0 Å². The van der Waals surface area contributed by atoms with Crippen molar-refractivity contribution in [2.24, 2.45) is 5.92 Å². The van der Waals surface area contributed by atoms with E-state index in [0.29, 0.717) is 24.5 Å². The molecule has 2 aromatic rings. The minimum Gasteiger partial charge on any atom is -0.300 e. The fourth-order valence-electron chi connectivity index (χ4n) is 2.84. The highest BCUT2D eigenvalue weighted by Crippen LogP contribution is 2.23. The van der Waals surface area contributed by atoms with Crippen LogP contribution in [0.2, 0.25) is 0 Å². The molecule has 0 unspecified atom stereocenters. The van der Waals surface area contributed by atoms with Gasteiger partial charge < -0.3 is 5.32 Å². The Kier molecular flexibility index (Phi) is 5.45. The van der Waals surface area contributed by atoms with Crippen LogP contribution in [-0.2, 0) is 20.6 Å². The van der Waals surface area contributed by atoms with E-state index >= 15 is 0 Å². The molecule has 1 N–H and O–H groups in total. The van der Waals surface area contributed by atoms with Crippen LogP contribution in [0.4, 0.5) is 5.13 Å². The van der Waals surface area contributed by atoms with Crippen LogP contribution in [0.25, 0.3) is 0 Å². The molecule has 1 amide bonds. The van der Waals surface area contributed by atoms with Crippen molar-refractivity contribution in [3.63, 3.8) is 0 Å². The highest BCUT2D eigenvalue weighted by Gasteiger charge is 2.32. The lowest BCUT2D eigenvalue weighted by atomic mass is 9.99. The summed E-state index contributed by atoms with van der Waals surface area (Å²) in [5, 5.41) is 11.7. The molecule has 1 saturated heterocycles. The van der Waals surface area contributed by atoms with E-state index in [-0.39, 0.29) is 24.1 Å². The Bertz CT molecular complexity index is 836. The van der Waals surface area contributed by atoms with E-state index in [1.165, 1.54) is 15.6 Å². The average Bonchev–Trinajstić information content (AvgIpc) is 3.00. The van der Waals surface area contributed by atoms with E-state index in [9.17, 15) is 13.2 Å². The van der Waals surface area contributed by atoms with Crippen molar-refractivity contribution in [3.8, 4) is 0 Å². The summed E-state index contributed by atoms with van der Waals surface area (Å²) in [6.45, 7) is 2.47. The second-order valence-corrected chi connectivity index (χ2v) is 9.21. The Morgan fingerprint density at radius 3 is 2.76 bits per heavy atom. The zero-order valence-corrected chi connectivity index (χ0v) is 15.5. The van der Waals surface area contributed by atoms with Crippen LogP contribution < -0.4 is 5.32 Å². The number of amides is 1. The molecule has 1 aromatic heterocycles. The number of anilines is 1. The van der Waals surface area contributed by atoms with Gasteiger partial charge in [0, 0.05) is 13.1 Å². The number of aryl methyl sites for hydroxylation is 1. The maximum absolute atomic E-state index is 12.7. The van der Waals surface area contributed by atoms with Crippen LogP contribution in [0.15, 0.2) is 30.3 Å². The maximum Gasteiger partial charge on any atom is 0.230 e. The molecular formula is C16H20N4O3S2. The van der Waals surface area contributed by atoms with Gasteiger partial charge in [-0.1, -0.05) is 41.7 Å². The molecule has 134 valence electrons. The topological polar surface area (TPSA) is 92.3 Å². The molecular weight excluding hydrogens is 360 g/mol. The molecule has 3 rings (SSSR count). The van der Waals surface area contributed by atoms with Crippen molar-refractivity contribution >= 4 is 32.4 Å². The van der Waals surface area contributed by atoms with Crippen LogP contribution in [0.1, 0.15) is 23.4 Å². The molecule has 7 nitrogen and oxygen atoms in total. The Morgan fingerprint density at radius 2 is 2.08 bits per heavy atom. The summed E-state index contributed by atoms with van der Waals surface area (Å²) in [5.41, 5.74) is 0.749. The number of piperidine rings is 1. The largest absolute Gasteiger partial charge is 0.300 e. The molecule has 0 bridgehead atoms. The lowest BCUT2D eigenvalue weighted by Gasteiger charge is -2.31. The number of hydrogen-bond acceptors (Lipinski definition) is 6. The lowest BCUT2D eigenvalue weighted by molar-refractivity contribution is -0.120. The zero-order chi connectivity index (χ0) is 17.9. The first-order valence-corrected chi connectivity index (χ1v) is 10.5. The molecule has 0 radical (unpaired) electrons. The minimum atomic E-state index is -3.44. The number of aromatic nitrogens is 2. The first kappa shape index (κ1) is 18.0. The van der Waals surface area contributed by atoms with Gasteiger partial charge in [0.2, 0.25) is 21.1 Å². The molecule has 1 fully saturated rings. The predicted molar refractivity (Wildman–Crippen MR) is 96.6 cm³/mol. The Balaban J connectivity index is 1.64. The highest BCUT2D eigenvalue weighted by atomic mass is 32.2. The van der Waals surface area contributed by atoms with Gasteiger partial charge >= 0.3 is 0 Å². The first-order chi connectivity index (χ1) is 11.9. The van der Waals surface area contributed by atoms with Crippen molar-refractivity contribution in [2.45, 2.75) is 25.5 Å². The molecule has 1 aliphatic heterocycles. The number of hydrogen-bond donors (Lipinski definition) is 1. The predicted octanol–water partition coefficient (Wildman–Crippen LogP) is 2.03. The van der Waals surface area contributed by atoms with Gasteiger partial charge in [-0.25, -0.2) is 12.7 Å². The molecule has 2 heterocycles. The number of rotatable bonds is 5. The van der Waals surface area contributed by atoms with E-state index in [2.05, 4.69) is 15.5 Å². The quantitative estimate of drug-likeness (QED) is 0.857. The molecule has 1 atom stereocenters. The molecule has 0 spiro atoms. The smallest absolute Gasteiger partial charge is 0.230 e. The van der Waals surface area contributed by atoms with Crippen molar-refractivity contribution < 1.29 is 13.2 Å². The molecule has 9 heteroatoms. The zero-order valence-electron chi connectivity index (χ0n) is 13.9. The highest BCUT2D eigenvalue weighted by molar-refractivity contribution is 7.88. The van der Waals surface area contributed by atoms with E-state index in [4.69, 9.17) is 0 Å². The number of nitrogens with zero attached hydrogens (tertiary/aromatic N) is 3. The Labute approximate surface area is 151 Å².